The van der Waals surface area contributed by atoms with E-state index in [2.05, 4.69) is 4.74 Å². The van der Waals surface area contributed by atoms with E-state index in [4.69, 9.17) is 16.3 Å². The smallest absolute Gasteiger partial charge is 0.378 e. The van der Waals surface area contributed by atoms with Crippen LogP contribution >= 0.6 is 11.6 Å². The van der Waals surface area contributed by atoms with E-state index in [-0.39, 0.29) is 5.56 Å². The van der Waals surface area contributed by atoms with Gasteiger partial charge in [-0.05, 0) is 24.6 Å². The number of hydrogen-bond donors (Lipinski definition) is 1. The number of methoxy groups -OCH3 is 1. The molecule has 0 fully saturated rings. The Morgan fingerprint density at radius 3 is 2.70 bits per heavy atom. The zero-order chi connectivity index (χ0) is 15.1. The summed E-state index contributed by atoms with van der Waals surface area (Å²) in [6, 6.07) is 4.63. The molecule has 0 aliphatic heterocycles. The first kappa shape index (κ1) is 16.0. The molecule has 0 aliphatic carbocycles. The molecule has 6 heteroatoms. The standard InChI is InChI=1S/C14H15ClO5/c1-3-6-20-13-5-4-9(15)7-10(13)11(16)8-12(17)14(18)19-2/h4-5,7-8,16H,3,6H2,1-2H3/b11-8+. The third-order valence-corrected chi connectivity index (χ3v) is 2.57. The first-order valence-corrected chi connectivity index (χ1v) is 6.33. The lowest BCUT2D eigenvalue weighted by atomic mass is 10.1. The van der Waals surface area contributed by atoms with Gasteiger partial charge in [-0.25, -0.2) is 4.79 Å². The van der Waals surface area contributed by atoms with Crippen molar-refractivity contribution in [1.29, 1.82) is 0 Å². The van der Waals surface area contributed by atoms with Gasteiger partial charge in [0, 0.05) is 11.1 Å². The monoisotopic (exact) mass is 298 g/mol. The molecule has 0 unspecified atom stereocenters. The number of ketones is 1. The Labute approximate surface area is 121 Å². The molecule has 0 saturated carbocycles. The highest BCUT2D eigenvalue weighted by Crippen LogP contribution is 2.28. The molecule has 108 valence electrons. The van der Waals surface area contributed by atoms with Crippen molar-refractivity contribution < 1.29 is 24.2 Å². The first-order chi connectivity index (χ1) is 9.49. The number of rotatable bonds is 6. The van der Waals surface area contributed by atoms with Gasteiger partial charge in [-0.15, -0.1) is 0 Å². The highest BCUT2D eigenvalue weighted by atomic mass is 35.5. The molecule has 0 atom stereocenters. The maximum atomic E-state index is 11.4. The minimum Gasteiger partial charge on any atom is -0.507 e. The summed E-state index contributed by atoms with van der Waals surface area (Å²) >= 11 is 5.85. The fourth-order valence-corrected chi connectivity index (χ4v) is 1.57. The maximum absolute atomic E-state index is 11.4. The van der Waals surface area contributed by atoms with Crippen molar-refractivity contribution in [3.8, 4) is 5.75 Å². The number of carbonyl (C=O) groups is 2. The van der Waals surface area contributed by atoms with Crippen LogP contribution in [0.3, 0.4) is 0 Å². The number of aliphatic hydroxyl groups is 1. The molecule has 5 nitrogen and oxygen atoms in total. The Hall–Kier alpha value is -2.01. The van der Waals surface area contributed by atoms with Gasteiger partial charge in [0.25, 0.3) is 5.78 Å². The molecule has 0 radical (unpaired) electrons. The van der Waals surface area contributed by atoms with E-state index >= 15 is 0 Å². The van der Waals surface area contributed by atoms with Gasteiger partial charge in [-0.3, -0.25) is 4.79 Å². The fourth-order valence-electron chi connectivity index (χ4n) is 1.40. The number of ether oxygens (including phenoxy) is 2. The minimum absolute atomic E-state index is 0.239. The molecule has 0 amide bonds. The van der Waals surface area contributed by atoms with Crippen LogP contribution in [0.25, 0.3) is 5.76 Å². The lowest BCUT2D eigenvalue weighted by Gasteiger charge is -2.10. The molecule has 1 N–H and O–H groups in total. The van der Waals surface area contributed by atoms with Gasteiger partial charge in [-0.2, -0.15) is 0 Å². The van der Waals surface area contributed by atoms with Gasteiger partial charge >= 0.3 is 5.97 Å². The lowest BCUT2D eigenvalue weighted by Crippen LogP contribution is -2.13. The summed E-state index contributed by atoms with van der Waals surface area (Å²) in [4.78, 5) is 22.4. The SMILES string of the molecule is CCCOc1ccc(Cl)cc1/C(O)=C\C(=O)C(=O)OC. The van der Waals surface area contributed by atoms with E-state index in [0.717, 1.165) is 19.6 Å². The van der Waals surface area contributed by atoms with Gasteiger partial charge in [0.2, 0.25) is 0 Å². The van der Waals surface area contributed by atoms with E-state index in [1.165, 1.54) is 6.07 Å². The van der Waals surface area contributed by atoms with Gasteiger partial charge in [0.1, 0.15) is 11.5 Å². The Morgan fingerprint density at radius 2 is 2.10 bits per heavy atom. The Morgan fingerprint density at radius 1 is 1.40 bits per heavy atom. The maximum Gasteiger partial charge on any atom is 0.378 e. The zero-order valence-corrected chi connectivity index (χ0v) is 11.9. The average Bonchev–Trinajstić information content (AvgIpc) is 2.44. The van der Waals surface area contributed by atoms with Crippen LogP contribution in [0.2, 0.25) is 5.02 Å². The predicted molar refractivity (Wildman–Crippen MR) is 74.9 cm³/mol. The summed E-state index contributed by atoms with van der Waals surface area (Å²) < 4.78 is 9.71. The van der Waals surface area contributed by atoms with Crippen molar-refractivity contribution >= 4 is 29.1 Å². The number of hydrogen-bond acceptors (Lipinski definition) is 5. The van der Waals surface area contributed by atoms with Crippen molar-refractivity contribution in [2.75, 3.05) is 13.7 Å². The molecule has 1 rings (SSSR count). The second kappa shape index (κ2) is 7.55. The van der Waals surface area contributed by atoms with Crippen molar-refractivity contribution in [3.63, 3.8) is 0 Å². The van der Waals surface area contributed by atoms with Crippen LogP contribution in [0.4, 0.5) is 0 Å². The highest BCUT2D eigenvalue weighted by molar-refractivity contribution is 6.39. The van der Waals surface area contributed by atoms with Crippen LogP contribution in [-0.4, -0.2) is 30.6 Å². The summed E-state index contributed by atoms with van der Waals surface area (Å²) in [5, 5.41) is 10.3. The van der Waals surface area contributed by atoms with Crippen molar-refractivity contribution in [2.24, 2.45) is 0 Å². The molecular formula is C14H15ClO5. The molecule has 1 aromatic carbocycles. The summed E-state index contributed by atoms with van der Waals surface area (Å²) in [6.07, 6.45) is 1.56. The molecule has 0 saturated heterocycles. The summed E-state index contributed by atoms with van der Waals surface area (Å²) in [6.45, 7) is 2.39. The second-order valence-electron chi connectivity index (χ2n) is 3.87. The number of aliphatic hydroxyl groups excluding tert-OH is 1. The van der Waals surface area contributed by atoms with Crippen LogP contribution in [0.5, 0.6) is 5.75 Å². The zero-order valence-electron chi connectivity index (χ0n) is 11.2. The summed E-state index contributed by atoms with van der Waals surface area (Å²) in [5.41, 5.74) is 0.239. The van der Waals surface area contributed by atoms with Gasteiger partial charge < -0.3 is 14.6 Å². The van der Waals surface area contributed by atoms with Crippen LogP contribution in [0.1, 0.15) is 18.9 Å². The minimum atomic E-state index is -1.06. The quantitative estimate of drug-likeness (QED) is 0.378. The summed E-state index contributed by atoms with van der Waals surface area (Å²) in [7, 11) is 1.08. The van der Waals surface area contributed by atoms with Crippen molar-refractivity contribution in [1.82, 2.24) is 0 Å². The van der Waals surface area contributed by atoms with Crippen LogP contribution in [0.15, 0.2) is 24.3 Å². The molecular weight excluding hydrogens is 284 g/mol. The van der Waals surface area contributed by atoms with Crippen LogP contribution < -0.4 is 4.74 Å². The van der Waals surface area contributed by atoms with E-state index in [1.54, 1.807) is 12.1 Å². The normalized spacial score (nSPS) is 11.1. The largest absolute Gasteiger partial charge is 0.507 e. The van der Waals surface area contributed by atoms with E-state index < -0.39 is 17.5 Å². The number of benzene rings is 1. The molecule has 20 heavy (non-hydrogen) atoms. The molecule has 0 heterocycles. The van der Waals surface area contributed by atoms with Crippen molar-refractivity contribution in [2.45, 2.75) is 13.3 Å². The Bertz CT molecular complexity index is 536. The first-order valence-electron chi connectivity index (χ1n) is 5.95. The number of esters is 1. The average molecular weight is 299 g/mol. The number of carbonyl (C=O) groups excluding carboxylic acids is 2. The van der Waals surface area contributed by atoms with E-state index in [0.29, 0.717) is 17.4 Å². The van der Waals surface area contributed by atoms with Gasteiger partial charge in [0.05, 0.1) is 19.3 Å². The number of halogens is 1. The predicted octanol–water partition coefficient (Wildman–Crippen LogP) is 2.77. The lowest BCUT2D eigenvalue weighted by molar-refractivity contribution is -0.149. The highest BCUT2D eigenvalue weighted by Gasteiger charge is 2.15. The topological polar surface area (TPSA) is 72.8 Å². The Balaban J connectivity index is 3.09. The van der Waals surface area contributed by atoms with Crippen molar-refractivity contribution in [3.05, 3.63) is 34.9 Å². The van der Waals surface area contributed by atoms with E-state index in [1.807, 2.05) is 6.92 Å². The second-order valence-corrected chi connectivity index (χ2v) is 4.31. The molecule has 1 aromatic rings. The third kappa shape index (κ3) is 4.28. The van der Waals surface area contributed by atoms with Gasteiger partial charge in [-0.1, -0.05) is 18.5 Å². The summed E-state index contributed by atoms with van der Waals surface area (Å²) in [5.74, 6) is -2.06. The molecule has 0 bridgehead atoms. The van der Waals surface area contributed by atoms with E-state index in [9.17, 15) is 14.7 Å². The molecule has 0 spiro atoms. The Kier molecular flexibility index (Phi) is 6.06. The van der Waals surface area contributed by atoms with Crippen LogP contribution in [0, 0.1) is 0 Å². The molecule has 0 aromatic heterocycles. The van der Waals surface area contributed by atoms with Crippen LogP contribution in [-0.2, 0) is 14.3 Å². The molecule has 0 aliphatic rings. The van der Waals surface area contributed by atoms with Gasteiger partial charge in [0.15, 0.2) is 0 Å². The third-order valence-electron chi connectivity index (χ3n) is 2.33. The fraction of sp³-hybridized carbons (Fsp3) is 0.286.